The standard InChI is InChI=1S/C13H14BrN3O2S/c1-13(2,3)11-7-20-12(16-11)15-9-5-4-8(14)6-10(9)17(18)19/h4-7H,1-3H3,(H,15,16). The van der Waals surface area contributed by atoms with Gasteiger partial charge < -0.3 is 5.32 Å². The molecule has 0 fully saturated rings. The maximum atomic E-state index is 11.1. The highest BCUT2D eigenvalue weighted by atomic mass is 79.9. The molecule has 2 rings (SSSR count). The summed E-state index contributed by atoms with van der Waals surface area (Å²) in [5.41, 5.74) is 1.38. The topological polar surface area (TPSA) is 68.1 Å². The van der Waals surface area contributed by atoms with Crippen molar-refractivity contribution >= 4 is 43.8 Å². The van der Waals surface area contributed by atoms with E-state index in [-0.39, 0.29) is 11.1 Å². The van der Waals surface area contributed by atoms with Crippen LogP contribution in [0, 0.1) is 10.1 Å². The Morgan fingerprint density at radius 2 is 2.10 bits per heavy atom. The van der Waals surface area contributed by atoms with E-state index in [4.69, 9.17) is 0 Å². The summed E-state index contributed by atoms with van der Waals surface area (Å²) in [6.07, 6.45) is 0. The first-order chi connectivity index (χ1) is 9.27. The van der Waals surface area contributed by atoms with Crippen LogP contribution >= 0.6 is 27.3 Å². The molecule has 0 spiro atoms. The number of hydrogen-bond donors (Lipinski definition) is 1. The lowest BCUT2D eigenvalue weighted by atomic mass is 9.93. The first-order valence-electron chi connectivity index (χ1n) is 5.94. The normalized spacial score (nSPS) is 11.4. The average molecular weight is 356 g/mol. The van der Waals surface area contributed by atoms with Crippen molar-refractivity contribution in [2.24, 2.45) is 0 Å². The Kier molecular flexibility index (Phi) is 4.10. The van der Waals surface area contributed by atoms with Gasteiger partial charge >= 0.3 is 0 Å². The van der Waals surface area contributed by atoms with Gasteiger partial charge in [0.2, 0.25) is 0 Å². The number of nitrogens with zero attached hydrogens (tertiary/aromatic N) is 2. The van der Waals surface area contributed by atoms with Crippen LogP contribution in [-0.2, 0) is 5.41 Å². The van der Waals surface area contributed by atoms with Gasteiger partial charge in [0.05, 0.1) is 10.6 Å². The fourth-order valence-electron chi connectivity index (χ4n) is 1.55. The maximum Gasteiger partial charge on any atom is 0.293 e. The van der Waals surface area contributed by atoms with E-state index >= 15 is 0 Å². The van der Waals surface area contributed by atoms with Crippen molar-refractivity contribution in [3.63, 3.8) is 0 Å². The molecule has 1 aromatic heterocycles. The predicted octanol–water partition coefficient (Wildman–Crippen LogP) is 4.85. The molecule has 0 aliphatic carbocycles. The van der Waals surface area contributed by atoms with Crippen molar-refractivity contribution in [1.29, 1.82) is 0 Å². The van der Waals surface area contributed by atoms with Gasteiger partial charge in [0, 0.05) is 21.3 Å². The molecule has 1 heterocycles. The Hall–Kier alpha value is -1.47. The first kappa shape index (κ1) is 14.9. The number of nitro benzene ring substituents is 1. The lowest BCUT2D eigenvalue weighted by molar-refractivity contribution is -0.384. The highest BCUT2D eigenvalue weighted by Gasteiger charge is 2.19. The van der Waals surface area contributed by atoms with E-state index in [1.807, 2.05) is 5.38 Å². The molecule has 0 amide bonds. The minimum atomic E-state index is -0.411. The molecule has 0 aliphatic rings. The van der Waals surface area contributed by atoms with Crippen LogP contribution in [0.1, 0.15) is 26.5 Å². The molecule has 0 saturated carbocycles. The van der Waals surface area contributed by atoms with Crippen LogP contribution in [0.3, 0.4) is 0 Å². The largest absolute Gasteiger partial charge is 0.326 e. The maximum absolute atomic E-state index is 11.1. The third-order valence-electron chi connectivity index (χ3n) is 2.67. The smallest absolute Gasteiger partial charge is 0.293 e. The van der Waals surface area contributed by atoms with Gasteiger partial charge in [0.15, 0.2) is 5.13 Å². The van der Waals surface area contributed by atoms with E-state index in [9.17, 15) is 10.1 Å². The number of nitrogens with one attached hydrogen (secondary N) is 1. The second-order valence-corrected chi connectivity index (χ2v) is 7.11. The summed E-state index contributed by atoms with van der Waals surface area (Å²) >= 11 is 4.67. The summed E-state index contributed by atoms with van der Waals surface area (Å²) in [6, 6.07) is 4.90. The van der Waals surface area contributed by atoms with Gasteiger partial charge in [0.1, 0.15) is 5.69 Å². The molecule has 0 radical (unpaired) electrons. The van der Waals surface area contributed by atoms with Crippen molar-refractivity contribution in [2.75, 3.05) is 5.32 Å². The van der Waals surface area contributed by atoms with Crippen molar-refractivity contribution in [3.8, 4) is 0 Å². The Balaban J connectivity index is 2.31. The van der Waals surface area contributed by atoms with Gasteiger partial charge in [-0.15, -0.1) is 11.3 Å². The lowest BCUT2D eigenvalue weighted by Gasteiger charge is -2.14. The molecule has 106 valence electrons. The molecule has 0 aliphatic heterocycles. The quantitative estimate of drug-likeness (QED) is 0.630. The van der Waals surface area contributed by atoms with Crippen LogP contribution < -0.4 is 5.32 Å². The zero-order valence-electron chi connectivity index (χ0n) is 11.3. The Morgan fingerprint density at radius 1 is 1.40 bits per heavy atom. The van der Waals surface area contributed by atoms with Crippen molar-refractivity contribution in [1.82, 2.24) is 4.98 Å². The predicted molar refractivity (Wildman–Crippen MR) is 84.9 cm³/mol. The molecule has 0 bridgehead atoms. The van der Waals surface area contributed by atoms with Crippen molar-refractivity contribution < 1.29 is 4.92 Å². The number of anilines is 2. The molecule has 20 heavy (non-hydrogen) atoms. The van der Waals surface area contributed by atoms with Gasteiger partial charge in [-0.1, -0.05) is 36.7 Å². The van der Waals surface area contributed by atoms with Gasteiger partial charge in [-0.2, -0.15) is 0 Å². The van der Waals surface area contributed by atoms with Crippen molar-refractivity contribution in [3.05, 3.63) is 43.9 Å². The van der Waals surface area contributed by atoms with Gasteiger partial charge in [0.25, 0.3) is 5.69 Å². The fraction of sp³-hybridized carbons (Fsp3) is 0.308. The molecule has 0 unspecified atom stereocenters. The zero-order valence-corrected chi connectivity index (χ0v) is 13.7. The van der Waals surface area contributed by atoms with Crippen molar-refractivity contribution in [2.45, 2.75) is 26.2 Å². The van der Waals surface area contributed by atoms with E-state index in [1.165, 1.54) is 17.4 Å². The number of benzene rings is 1. The summed E-state index contributed by atoms with van der Waals surface area (Å²) in [6.45, 7) is 6.23. The van der Waals surface area contributed by atoms with Crippen LogP contribution in [0.4, 0.5) is 16.5 Å². The third-order valence-corrected chi connectivity index (χ3v) is 3.92. The number of halogens is 1. The highest BCUT2D eigenvalue weighted by molar-refractivity contribution is 9.10. The number of thiazole rings is 1. The third kappa shape index (κ3) is 3.34. The molecule has 1 aromatic carbocycles. The number of nitro groups is 1. The monoisotopic (exact) mass is 355 g/mol. The molecular formula is C13H14BrN3O2S. The molecule has 5 nitrogen and oxygen atoms in total. The van der Waals surface area contributed by atoms with E-state index < -0.39 is 4.92 Å². The fourth-order valence-corrected chi connectivity index (χ4v) is 2.85. The van der Waals surface area contributed by atoms with Gasteiger partial charge in [-0.25, -0.2) is 4.98 Å². The SMILES string of the molecule is CC(C)(C)c1csc(Nc2ccc(Br)cc2[N+](=O)[O-])n1. The summed E-state index contributed by atoms with van der Waals surface area (Å²) < 4.78 is 0.671. The van der Waals surface area contributed by atoms with E-state index in [0.29, 0.717) is 15.3 Å². The van der Waals surface area contributed by atoms with E-state index in [2.05, 4.69) is 47.0 Å². The number of hydrogen-bond acceptors (Lipinski definition) is 5. The zero-order chi connectivity index (χ0) is 14.9. The average Bonchev–Trinajstić information content (AvgIpc) is 2.79. The van der Waals surface area contributed by atoms with E-state index in [0.717, 1.165) is 5.69 Å². The van der Waals surface area contributed by atoms with E-state index in [1.54, 1.807) is 12.1 Å². The number of rotatable bonds is 3. The lowest BCUT2D eigenvalue weighted by Crippen LogP contribution is -2.11. The Labute approximate surface area is 129 Å². The molecular weight excluding hydrogens is 342 g/mol. The van der Waals surface area contributed by atoms with Gasteiger partial charge in [-0.3, -0.25) is 10.1 Å². The van der Waals surface area contributed by atoms with Crippen LogP contribution in [-0.4, -0.2) is 9.91 Å². The Morgan fingerprint density at radius 3 is 2.65 bits per heavy atom. The molecule has 0 atom stereocenters. The molecule has 1 N–H and O–H groups in total. The van der Waals surface area contributed by atoms with Crippen LogP contribution in [0.25, 0.3) is 0 Å². The Bertz CT molecular complexity index is 649. The minimum absolute atomic E-state index is 0.0203. The second kappa shape index (κ2) is 5.49. The summed E-state index contributed by atoms with van der Waals surface area (Å²) in [5.74, 6) is 0. The first-order valence-corrected chi connectivity index (χ1v) is 7.61. The molecule has 2 aromatic rings. The molecule has 7 heteroatoms. The van der Waals surface area contributed by atoms with Crippen LogP contribution in [0.15, 0.2) is 28.1 Å². The number of aromatic nitrogens is 1. The summed E-state index contributed by atoms with van der Waals surface area (Å²) in [5, 5.41) is 16.7. The highest BCUT2D eigenvalue weighted by Crippen LogP contribution is 2.33. The summed E-state index contributed by atoms with van der Waals surface area (Å²) in [7, 11) is 0. The molecule has 0 saturated heterocycles. The van der Waals surface area contributed by atoms with Gasteiger partial charge in [-0.05, 0) is 12.1 Å². The van der Waals surface area contributed by atoms with Crippen LogP contribution in [0.5, 0.6) is 0 Å². The summed E-state index contributed by atoms with van der Waals surface area (Å²) in [4.78, 5) is 15.1. The van der Waals surface area contributed by atoms with Crippen LogP contribution in [0.2, 0.25) is 0 Å². The minimum Gasteiger partial charge on any atom is -0.326 e. The second-order valence-electron chi connectivity index (χ2n) is 5.33.